The highest BCUT2D eigenvalue weighted by Crippen LogP contribution is 2.24. The number of aliphatic hydroxyl groups is 1. The molecule has 2 N–H and O–H groups in total. The van der Waals surface area contributed by atoms with Gasteiger partial charge in [0.15, 0.2) is 0 Å². The predicted octanol–water partition coefficient (Wildman–Crippen LogP) is 2.72. The van der Waals surface area contributed by atoms with Crippen LogP contribution in [-0.2, 0) is 4.79 Å². The van der Waals surface area contributed by atoms with Gasteiger partial charge in [-0.1, -0.05) is 28.1 Å². The second-order valence-corrected chi connectivity index (χ2v) is 5.27. The minimum Gasteiger partial charge on any atom is -0.457 e. The van der Waals surface area contributed by atoms with Gasteiger partial charge in [-0.05, 0) is 24.3 Å². The molecule has 0 unspecified atom stereocenters. The van der Waals surface area contributed by atoms with E-state index in [1.165, 1.54) is 6.08 Å². The molecule has 112 valence electrons. The first kappa shape index (κ1) is 16.0. The number of halogens is 1. The van der Waals surface area contributed by atoms with Crippen molar-refractivity contribution < 1.29 is 14.3 Å². The van der Waals surface area contributed by atoms with E-state index in [9.17, 15) is 4.79 Å². The van der Waals surface area contributed by atoms with Crippen molar-refractivity contribution in [3.05, 3.63) is 52.2 Å². The van der Waals surface area contributed by atoms with Crippen molar-refractivity contribution in [2.75, 3.05) is 13.2 Å². The summed E-state index contributed by atoms with van der Waals surface area (Å²) in [6.45, 7) is -0.0843. The molecule has 5 nitrogen and oxygen atoms in total. The van der Waals surface area contributed by atoms with Gasteiger partial charge in [-0.2, -0.15) is 5.26 Å². The van der Waals surface area contributed by atoms with Crippen LogP contribution >= 0.6 is 15.9 Å². The average Bonchev–Trinajstić information content (AvgIpc) is 2.99. The first-order valence-electron chi connectivity index (χ1n) is 6.50. The zero-order chi connectivity index (χ0) is 15.9. The number of nitrogens with zero attached hydrogens (tertiary/aromatic N) is 1. The van der Waals surface area contributed by atoms with Crippen LogP contribution in [0.4, 0.5) is 0 Å². The Bertz CT molecular complexity index is 727. The fraction of sp³-hybridized carbons (Fsp3) is 0.125. The van der Waals surface area contributed by atoms with Gasteiger partial charge in [0.2, 0.25) is 0 Å². The number of carbonyl (C=O) groups is 1. The van der Waals surface area contributed by atoms with E-state index in [0.29, 0.717) is 11.5 Å². The van der Waals surface area contributed by atoms with E-state index in [4.69, 9.17) is 14.8 Å². The quantitative estimate of drug-likeness (QED) is 0.633. The third kappa shape index (κ3) is 4.07. The molecule has 0 spiro atoms. The van der Waals surface area contributed by atoms with Crippen LogP contribution in [0.25, 0.3) is 17.4 Å². The maximum Gasteiger partial charge on any atom is 0.262 e. The van der Waals surface area contributed by atoms with E-state index in [-0.39, 0.29) is 18.7 Å². The molecule has 22 heavy (non-hydrogen) atoms. The van der Waals surface area contributed by atoms with Crippen LogP contribution in [0.2, 0.25) is 0 Å². The van der Waals surface area contributed by atoms with Crippen LogP contribution < -0.4 is 5.32 Å². The molecule has 6 heteroatoms. The Morgan fingerprint density at radius 2 is 2.05 bits per heavy atom. The first-order chi connectivity index (χ1) is 10.6. The number of nitriles is 1. The molecule has 0 fully saturated rings. The fourth-order valence-electron chi connectivity index (χ4n) is 1.76. The second-order valence-electron chi connectivity index (χ2n) is 4.36. The molecule has 1 aromatic carbocycles. The normalized spacial score (nSPS) is 11.0. The molecular weight excluding hydrogens is 348 g/mol. The van der Waals surface area contributed by atoms with E-state index in [1.807, 2.05) is 30.3 Å². The minimum atomic E-state index is -0.543. The summed E-state index contributed by atoms with van der Waals surface area (Å²) in [5.74, 6) is 0.513. The molecule has 2 aromatic rings. The van der Waals surface area contributed by atoms with E-state index in [1.54, 1.807) is 12.1 Å². The molecule has 0 aliphatic rings. The number of rotatable bonds is 5. The number of hydrogen-bond donors (Lipinski definition) is 2. The highest BCUT2D eigenvalue weighted by atomic mass is 79.9. The number of hydrogen-bond acceptors (Lipinski definition) is 4. The van der Waals surface area contributed by atoms with Crippen LogP contribution in [0.3, 0.4) is 0 Å². The molecule has 0 aliphatic carbocycles. The van der Waals surface area contributed by atoms with Gasteiger partial charge in [0.05, 0.1) is 6.61 Å². The van der Waals surface area contributed by atoms with E-state index in [0.717, 1.165) is 10.0 Å². The Hall–Kier alpha value is -2.36. The molecule has 0 radical (unpaired) electrons. The summed E-state index contributed by atoms with van der Waals surface area (Å²) in [6, 6.07) is 12.9. The van der Waals surface area contributed by atoms with Gasteiger partial charge < -0.3 is 14.8 Å². The summed E-state index contributed by atoms with van der Waals surface area (Å²) in [6.07, 6.45) is 1.37. The number of benzene rings is 1. The highest BCUT2D eigenvalue weighted by molar-refractivity contribution is 9.10. The van der Waals surface area contributed by atoms with Gasteiger partial charge in [-0.15, -0.1) is 0 Å². The Labute approximate surface area is 136 Å². The van der Waals surface area contributed by atoms with Gasteiger partial charge in [0.25, 0.3) is 5.91 Å². The van der Waals surface area contributed by atoms with Crippen molar-refractivity contribution in [3.8, 4) is 17.4 Å². The second kappa shape index (κ2) is 7.59. The zero-order valence-corrected chi connectivity index (χ0v) is 13.1. The summed E-state index contributed by atoms with van der Waals surface area (Å²) < 4.78 is 6.59. The maximum atomic E-state index is 11.7. The van der Waals surface area contributed by atoms with Crippen LogP contribution in [0.1, 0.15) is 5.76 Å². The Morgan fingerprint density at radius 3 is 2.68 bits per heavy atom. The van der Waals surface area contributed by atoms with E-state index in [2.05, 4.69) is 21.2 Å². The van der Waals surface area contributed by atoms with Crippen molar-refractivity contribution >= 4 is 27.9 Å². The monoisotopic (exact) mass is 360 g/mol. The van der Waals surface area contributed by atoms with Gasteiger partial charge in [-0.3, -0.25) is 4.79 Å². The van der Waals surface area contributed by atoms with Crippen molar-refractivity contribution in [1.82, 2.24) is 5.32 Å². The molecule has 0 bridgehead atoms. The van der Waals surface area contributed by atoms with E-state index >= 15 is 0 Å². The third-order valence-corrected chi connectivity index (χ3v) is 3.33. The number of carbonyl (C=O) groups excluding carboxylic acids is 1. The van der Waals surface area contributed by atoms with E-state index < -0.39 is 5.91 Å². The minimum absolute atomic E-state index is 0.0786. The summed E-state index contributed by atoms with van der Waals surface area (Å²) in [7, 11) is 0. The number of aliphatic hydroxyl groups excluding tert-OH is 1. The van der Waals surface area contributed by atoms with Gasteiger partial charge >= 0.3 is 0 Å². The van der Waals surface area contributed by atoms with Gasteiger partial charge in [-0.25, -0.2) is 0 Å². The lowest BCUT2D eigenvalue weighted by atomic mass is 10.2. The molecule has 1 heterocycles. The maximum absolute atomic E-state index is 11.7. The lowest BCUT2D eigenvalue weighted by Crippen LogP contribution is -2.27. The predicted molar refractivity (Wildman–Crippen MR) is 85.5 cm³/mol. The van der Waals surface area contributed by atoms with Crippen molar-refractivity contribution in [1.29, 1.82) is 5.26 Å². The summed E-state index contributed by atoms with van der Waals surface area (Å²) in [4.78, 5) is 11.7. The SMILES string of the molecule is N#CC(=Cc1ccc(-c2ccc(Br)cc2)o1)C(=O)NCCO. The number of furan rings is 1. The molecule has 0 aliphatic heterocycles. The van der Waals surface area contributed by atoms with Crippen LogP contribution in [-0.4, -0.2) is 24.2 Å². The van der Waals surface area contributed by atoms with Crippen LogP contribution in [0.5, 0.6) is 0 Å². The molecular formula is C16H13BrN2O3. The zero-order valence-electron chi connectivity index (χ0n) is 11.5. The largest absolute Gasteiger partial charge is 0.457 e. The Balaban J connectivity index is 2.20. The molecule has 0 saturated carbocycles. The van der Waals surface area contributed by atoms with Crippen molar-refractivity contribution in [2.45, 2.75) is 0 Å². The standard InChI is InChI=1S/C16H13BrN2O3/c17-13-3-1-11(2-4-13)15-6-5-14(22-15)9-12(10-18)16(21)19-7-8-20/h1-6,9,20H,7-8H2,(H,19,21). The lowest BCUT2D eigenvalue weighted by molar-refractivity contribution is -0.117. The van der Waals surface area contributed by atoms with Crippen molar-refractivity contribution in [2.24, 2.45) is 0 Å². The first-order valence-corrected chi connectivity index (χ1v) is 7.30. The van der Waals surface area contributed by atoms with Crippen LogP contribution in [0, 0.1) is 11.3 Å². The van der Waals surface area contributed by atoms with Crippen LogP contribution in [0.15, 0.2) is 50.9 Å². The molecule has 0 atom stereocenters. The highest BCUT2D eigenvalue weighted by Gasteiger charge is 2.10. The van der Waals surface area contributed by atoms with Gasteiger partial charge in [0, 0.05) is 22.7 Å². The Kier molecular flexibility index (Phi) is 5.53. The number of amides is 1. The molecule has 1 amide bonds. The topological polar surface area (TPSA) is 86.3 Å². The lowest BCUT2D eigenvalue weighted by Gasteiger charge is -2.00. The Morgan fingerprint density at radius 1 is 1.32 bits per heavy atom. The fourth-order valence-corrected chi connectivity index (χ4v) is 2.02. The molecule has 2 rings (SSSR count). The molecule has 1 aromatic heterocycles. The molecule has 0 saturated heterocycles. The summed E-state index contributed by atoms with van der Waals surface area (Å²) in [5, 5.41) is 20.1. The summed E-state index contributed by atoms with van der Waals surface area (Å²) >= 11 is 3.36. The average molecular weight is 361 g/mol. The van der Waals surface area contributed by atoms with Crippen molar-refractivity contribution in [3.63, 3.8) is 0 Å². The smallest absolute Gasteiger partial charge is 0.262 e. The third-order valence-electron chi connectivity index (χ3n) is 2.80. The number of nitrogens with one attached hydrogen (secondary N) is 1. The summed E-state index contributed by atoms with van der Waals surface area (Å²) in [5.41, 5.74) is 0.816. The van der Waals surface area contributed by atoms with Gasteiger partial charge in [0.1, 0.15) is 23.2 Å².